The van der Waals surface area contributed by atoms with E-state index in [1.165, 1.54) is 18.7 Å². The van der Waals surface area contributed by atoms with E-state index in [2.05, 4.69) is 5.92 Å². The summed E-state index contributed by atoms with van der Waals surface area (Å²) in [6, 6.07) is -0.844. The zero-order valence-corrected chi connectivity index (χ0v) is 9.86. The molecule has 90 valence electrons. The second kappa shape index (κ2) is 5.52. The summed E-state index contributed by atoms with van der Waals surface area (Å²) in [7, 11) is 0. The number of hydrogen-bond acceptors (Lipinski definition) is 3. The fourth-order valence-electron chi connectivity index (χ4n) is 1.36. The highest BCUT2D eigenvalue weighted by Crippen LogP contribution is 2.16. The van der Waals surface area contributed by atoms with Crippen LogP contribution in [0.3, 0.4) is 0 Å². The van der Waals surface area contributed by atoms with E-state index in [9.17, 15) is 9.59 Å². The Bertz CT molecular complexity index is 318. The number of carboxylic acid groups (broad SMARTS) is 1. The van der Waals surface area contributed by atoms with Gasteiger partial charge < -0.3 is 15.7 Å². The molecule has 1 atom stereocenters. The van der Waals surface area contributed by atoms with Crippen LogP contribution in [-0.4, -0.2) is 40.0 Å². The highest BCUT2D eigenvalue weighted by Gasteiger charge is 2.38. The van der Waals surface area contributed by atoms with E-state index in [-0.39, 0.29) is 13.0 Å². The van der Waals surface area contributed by atoms with Gasteiger partial charge in [0.15, 0.2) is 0 Å². The van der Waals surface area contributed by atoms with Gasteiger partial charge >= 0.3 is 5.97 Å². The number of nitrogens with two attached hydrogens (primary N) is 1. The minimum atomic E-state index is -1.28. The predicted octanol–water partition coefficient (Wildman–Crippen LogP) is 0.0487. The Kier molecular flexibility index (Phi) is 4.99. The lowest BCUT2D eigenvalue weighted by Gasteiger charge is -2.35. The van der Waals surface area contributed by atoms with Crippen molar-refractivity contribution in [3.8, 4) is 12.3 Å². The first-order valence-electron chi connectivity index (χ1n) is 5.02. The number of terminal acetylenes is 1. The van der Waals surface area contributed by atoms with Gasteiger partial charge in [0.05, 0.1) is 6.04 Å². The number of likely N-dealkylation sites (N-methyl/N-ethyl adjacent to an activating group) is 1. The minimum absolute atomic E-state index is 0.102. The first-order chi connectivity index (χ1) is 7.28. The summed E-state index contributed by atoms with van der Waals surface area (Å²) in [4.78, 5) is 24.1. The fourth-order valence-corrected chi connectivity index (χ4v) is 1.36. The molecule has 0 aromatic carbocycles. The Labute approximate surface area is 95.6 Å². The van der Waals surface area contributed by atoms with Crippen molar-refractivity contribution in [1.29, 1.82) is 0 Å². The second-order valence-corrected chi connectivity index (χ2v) is 3.96. The summed E-state index contributed by atoms with van der Waals surface area (Å²) < 4.78 is 0. The van der Waals surface area contributed by atoms with Gasteiger partial charge in [-0.3, -0.25) is 4.79 Å². The molecule has 3 N–H and O–H groups in total. The van der Waals surface area contributed by atoms with Gasteiger partial charge in [0.25, 0.3) is 0 Å². The van der Waals surface area contributed by atoms with Gasteiger partial charge in [0.1, 0.15) is 5.54 Å². The van der Waals surface area contributed by atoms with Crippen molar-refractivity contribution in [2.45, 2.75) is 38.8 Å². The molecule has 0 rings (SSSR count). The third-order valence-corrected chi connectivity index (χ3v) is 2.44. The third-order valence-electron chi connectivity index (χ3n) is 2.44. The zero-order valence-electron chi connectivity index (χ0n) is 9.86. The average molecular weight is 226 g/mol. The Hall–Kier alpha value is -1.54. The molecule has 0 radical (unpaired) electrons. The Morgan fingerprint density at radius 2 is 2.06 bits per heavy atom. The SMILES string of the molecule is C#CCC(N)C(=O)N(CC)C(C)(C)C(=O)O. The van der Waals surface area contributed by atoms with Crippen molar-refractivity contribution < 1.29 is 14.7 Å². The highest BCUT2D eigenvalue weighted by molar-refractivity contribution is 5.89. The lowest BCUT2D eigenvalue weighted by Crippen LogP contribution is -2.57. The lowest BCUT2D eigenvalue weighted by atomic mass is 10.0. The van der Waals surface area contributed by atoms with E-state index in [1.54, 1.807) is 6.92 Å². The first kappa shape index (κ1) is 14.5. The summed E-state index contributed by atoms with van der Waals surface area (Å²) in [6.45, 7) is 4.89. The molecule has 0 aromatic heterocycles. The number of amides is 1. The van der Waals surface area contributed by atoms with Crippen LogP contribution < -0.4 is 5.73 Å². The van der Waals surface area contributed by atoms with Crippen LogP contribution in [0.4, 0.5) is 0 Å². The molecule has 5 nitrogen and oxygen atoms in total. The maximum absolute atomic E-state index is 11.9. The van der Waals surface area contributed by atoms with Crippen molar-refractivity contribution in [3.63, 3.8) is 0 Å². The summed E-state index contributed by atoms with van der Waals surface area (Å²) in [6.07, 6.45) is 5.16. The van der Waals surface area contributed by atoms with Crippen LogP contribution in [0.1, 0.15) is 27.2 Å². The quantitative estimate of drug-likeness (QED) is 0.649. The number of nitrogens with zero attached hydrogens (tertiary/aromatic N) is 1. The van der Waals surface area contributed by atoms with E-state index in [0.717, 1.165) is 0 Å². The van der Waals surface area contributed by atoms with Gasteiger partial charge in [0.2, 0.25) is 5.91 Å². The van der Waals surface area contributed by atoms with Gasteiger partial charge in [-0.05, 0) is 20.8 Å². The second-order valence-electron chi connectivity index (χ2n) is 3.96. The van der Waals surface area contributed by atoms with Crippen LogP contribution in [0.5, 0.6) is 0 Å². The molecule has 1 amide bonds. The number of hydrogen-bond donors (Lipinski definition) is 2. The van der Waals surface area contributed by atoms with E-state index >= 15 is 0 Å². The van der Waals surface area contributed by atoms with Gasteiger partial charge in [-0.25, -0.2) is 4.79 Å². The minimum Gasteiger partial charge on any atom is -0.480 e. The van der Waals surface area contributed by atoms with Crippen molar-refractivity contribution in [3.05, 3.63) is 0 Å². The number of carbonyl (C=O) groups is 2. The van der Waals surface area contributed by atoms with Crippen LogP contribution in [0.15, 0.2) is 0 Å². The predicted molar refractivity (Wildman–Crippen MR) is 60.5 cm³/mol. The Morgan fingerprint density at radius 3 is 2.38 bits per heavy atom. The van der Waals surface area contributed by atoms with Crippen LogP contribution in [0.2, 0.25) is 0 Å². The molecule has 16 heavy (non-hydrogen) atoms. The van der Waals surface area contributed by atoms with Crippen molar-refractivity contribution in [1.82, 2.24) is 4.90 Å². The fraction of sp³-hybridized carbons (Fsp3) is 0.636. The Morgan fingerprint density at radius 1 is 1.56 bits per heavy atom. The highest BCUT2D eigenvalue weighted by atomic mass is 16.4. The summed E-state index contributed by atoms with van der Waals surface area (Å²) in [5.74, 6) is 0.777. The van der Waals surface area contributed by atoms with Gasteiger partial charge in [0, 0.05) is 13.0 Å². The lowest BCUT2D eigenvalue weighted by molar-refractivity contribution is -0.157. The molecule has 0 aliphatic carbocycles. The smallest absolute Gasteiger partial charge is 0.329 e. The molecule has 0 saturated carbocycles. The first-order valence-corrected chi connectivity index (χ1v) is 5.02. The molecule has 0 spiro atoms. The third kappa shape index (κ3) is 2.97. The number of rotatable bonds is 5. The van der Waals surface area contributed by atoms with Crippen LogP contribution in [-0.2, 0) is 9.59 Å². The molecule has 0 aliphatic heterocycles. The van der Waals surface area contributed by atoms with Crippen LogP contribution >= 0.6 is 0 Å². The largest absolute Gasteiger partial charge is 0.480 e. The van der Waals surface area contributed by atoms with E-state index in [1.807, 2.05) is 0 Å². The maximum Gasteiger partial charge on any atom is 0.329 e. The molecule has 0 bridgehead atoms. The molecular formula is C11H18N2O3. The molecule has 1 unspecified atom stereocenters. The van der Waals surface area contributed by atoms with Gasteiger partial charge in [-0.2, -0.15) is 0 Å². The zero-order chi connectivity index (χ0) is 12.9. The molecule has 0 fully saturated rings. The topological polar surface area (TPSA) is 83.6 Å². The monoisotopic (exact) mass is 226 g/mol. The van der Waals surface area contributed by atoms with Crippen LogP contribution in [0, 0.1) is 12.3 Å². The average Bonchev–Trinajstić information content (AvgIpc) is 2.18. The molecule has 0 aliphatic rings. The number of carboxylic acids is 1. The van der Waals surface area contributed by atoms with E-state index in [4.69, 9.17) is 17.3 Å². The van der Waals surface area contributed by atoms with Crippen molar-refractivity contribution >= 4 is 11.9 Å². The van der Waals surface area contributed by atoms with Gasteiger partial charge in [-0.1, -0.05) is 0 Å². The Balaban J connectivity index is 4.95. The summed E-state index contributed by atoms with van der Waals surface area (Å²) in [5, 5.41) is 9.03. The van der Waals surface area contributed by atoms with Gasteiger partial charge in [-0.15, -0.1) is 12.3 Å². The maximum atomic E-state index is 11.9. The number of aliphatic carboxylic acids is 1. The molecular weight excluding hydrogens is 208 g/mol. The summed E-state index contributed by atoms with van der Waals surface area (Å²) in [5.41, 5.74) is 4.29. The molecule has 0 heterocycles. The van der Waals surface area contributed by atoms with Crippen molar-refractivity contribution in [2.24, 2.45) is 5.73 Å². The molecule has 0 saturated heterocycles. The normalized spacial score (nSPS) is 12.7. The summed E-state index contributed by atoms with van der Waals surface area (Å²) >= 11 is 0. The molecule has 0 aromatic rings. The van der Waals surface area contributed by atoms with E-state index in [0.29, 0.717) is 0 Å². The van der Waals surface area contributed by atoms with Crippen molar-refractivity contribution in [2.75, 3.05) is 6.54 Å². The van der Waals surface area contributed by atoms with E-state index < -0.39 is 23.5 Å². The standard InChI is InChI=1S/C11H18N2O3/c1-5-7-8(12)9(14)13(6-2)11(3,4)10(15)16/h1,8H,6-7,12H2,2-4H3,(H,15,16). The number of carbonyl (C=O) groups excluding carboxylic acids is 1. The molecule has 5 heteroatoms. The van der Waals surface area contributed by atoms with Crippen LogP contribution in [0.25, 0.3) is 0 Å².